The van der Waals surface area contributed by atoms with E-state index in [4.69, 9.17) is 4.74 Å². The molecule has 2 N–H and O–H groups in total. The fourth-order valence-corrected chi connectivity index (χ4v) is 3.15. The summed E-state index contributed by atoms with van der Waals surface area (Å²) < 4.78 is 36.3. The molecule has 4 rings (SSSR count). The van der Waals surface area contributed by atoms with E-state index in [1.54, 1.807) is 12.1 Å². The lowest BCUT2D eigenvalue weighted by Gasteiger charge is -2.24. The SMILES string of the molecule is Cl.O=C(Nc1ccc(C2CNCCO2)cc1)c1cnn(-c2cccc(OC(F)F)c2)c1. The lowest BCUT2D eigenvalue weighted by Crippen LogP contribution is -2.33. The molecule has 0 spiro atoms. The van der Waals surface area contributed by atoms with Crippen molar-refractivity contribution in [2.75, 3.05) is 25.0 Å². The van der Waals surface area contributed by atoms with Crippen LogP contribution in [-0.4, -0.2) is 42.0 Å². The van der Waals surface area contributed by atoms with E-state index in [0.29, 0.717) is 23.5 Å². The van der Waals surface area contributed by atoms with Crippen LogP contribution in [0.4, 0.5) is 14.5 Å². The highest BCUT2D eigenvalue weighted by molar-refractivity contribution is 6.04. The summed E-state index contributed by atoms with van der Waals surface area (Å²) in [5.41, 5.74) is 2.52. The van der Waals surface area contributed by atoms with Gasteiger partial charge in [0.1, 0.15) is 5.75 Å². The van der Waals surface area contributed by atoms with E-state index in [0.717, 1.165) is 18.7 Å². The molecule has 1 unspecified atom stereocenters. The number of nitrogens with one attached hydrogen (secondary N) is 2. The molecular weight excluding hydrogens is 430 g/mol. The van der Waals surface area contributed by atoms with Crippen molar-refractivity contribution in [3.63, 3.8) is 0 Å². The van der Waals surface area contributed by atoms with Crippen molar-refractivity contribution in [1.29, 1.82) is 0 Å². The van der Waals surface area contributed by atoms with Crippen LogP contribution in [0.15, 0.2) is 60.9 Å². The molecule has 2 aromatic carbocycles. The predicted molar refractivity (Wildman–Crippen MR) is 113 cm³/mol. The molecule has 0 saturated carbocycles. The number of rotatable bonds is 6. The highest BCUT2D eigenvalue weighted by Crippen LogP contribution is 2.22. The average Bonchev–Trinajstić information content (AvgIpc) is 3.25. The van der Waals surface area contributed by atoms with Gasteiger partial charge in [0.05, 0.1) is 30.2 Å². The molecule has 1 saturated heterocycles. The maximum atomic E-state index is 12.5. The summed E-state index contributed by atoms with van der Waals surface area (Å²) in [6.07, 6.45) is 2.94. The Kier molecular flexibility index (Phi) is 7.56. The highest BCUT2D eigenvalue weighted by atomic mass is 35.5. The number of alkyl halides is 2. The zero-order valence-electron chi connectivity index (χ0n) is 16.3. The van der Waals surface area contributed by atoms with Crippen LogP contribution in [0.3, 0.4) is 0 Å². The lowest BCUT2D eigenvalue weighted by atomic mass is 10.1. The van der Waals surface area contributed by atoms with Crippen molar-refractivity contribution in [1.82, 2.24) is 15.1 Å². The number of carbonyl (C=O) groups excluding carboxylic acids is 1. The summed E-state index contributed by atoms with van der Waals surface area (Å²) in [6.45, 7) is -0.632. The predicted octanol–water partition coefficient (Wildman–Crippen LogP) is 3.81. The van der Waals surface area contributed by atoms with Crippen molar-refractivity contribution < 1.29 is 23.0 Å². The molecule has 1 amide bonds. The number of hydrogen-bond acceptors (Lipinski definition) is 5. The number of anilines is 1. The van der Waals surface area contributed by atoms with E-state index in [-0.39, 0.29) is 30.2 Å². The first-order valence-corrected chi connectivity index (χ1v) is 9.42. The minimum atomic E-state index is -2.91. The smallest absolute Gasteiger partial charge is 0.387 e. The molecule has 31 heavy (non-hydrogen) atoms. The van der Waals surface area contributed by atoms with Crippen LogP contribution in [0.5, 0.6) is 5.75 Å². The minimum Gasteiger partial charge on any atom is -0.435 e. The Hall–Kier alpha value is -3.01. The molecule has 164 valence electrons. The van der Waals surface area contributed by atoms with E-state index in [9.17, 15) is 13.6 Å². The number of morpholine rings is 1. The van der Waals surface area contributed by atoms with Crippen LogP contribution in [-0.2, 0) is 4.74 Å². The third-order valence-corrected chi connectivity index (χ3v) is 4.62. The van der Waals surface area contributed by atoms with Gasteiger partial charge in [-0.3, -0.25) is 4.79 Å². The van der Waals surface area contributed by atoms with Gasteiger partial charge in [-0.05, 0) is 29.8 Å². The van der Waals surface area contributed by atoms with Crippen molar-refractivity contribution in [2.45, 2.75) is 12.7 Å². The van der Waals surface area contributed by atoms with Crippen LogP contribution in [0.1, 0.15) is 22.0 Å². The lowest BCUT2D eigenvalue weighted by molar-refractivity contribution is -0.0498. The van der Waals surface area contributed by atoms with Crippen LogP contribution in [0.25, 0.3) is 5.69 Å². The second kappa shape index (κ2) is 10.3. The summed E-state index contributed by atoms with van der Waals surface area (Å²) in [7, 11) is 0. The van der Waals surface area contributed by atoms with Gasteiger partial charge in [-0.25, -0.2) is 4.68 Å². The van der Waals surface area contributed by atoms with E-state index >= 15 is 0 Å². The molecule has 1 fully saturated rings. The monoisotopic (exact) mass is 450 g/mol. The molecule has 1 aliphatic rings. The fraction of sp³-hybridized carbons (Fsp3) is 0.238. The number of halogens is 3. The van der Waals surface area contributed by atoms with Crippen molar-refractivity contribution in [3.05, 3.63) is 72.1 Å². The van der Waals surface area contributed by atoms with Crippen LogP contribution in [0.2, 0.25) is 0 Å². The largest absolute Gasteiger partial charge is 0.435 e. The molecule has 3 aromatic rings. The molecule has 10 heteroatoms. The maximum Gasteiger partial charge on any atom is 0.387 e. The molecule has 7 nitrogen and oxygen atoms in total. The fourth-order valence-electron chi connectivity index (χ4n) is 3.15. The van der Waals surface area contributed by atoms with Gasteiger partial charge in [-0.1, -0.05) is 18.2 Å². The quantitative estimate of drug-likeness (QED) is 0.597. The Morgan fingerprint density at radius 1 is 1.26 bits per heavy atom. The highest BCUT2D eigenvalue weighted by Gasteiger charge is 2.16. The number of amides is 1. The second-order valence-corrected chi connectivity index (χ2v) is 6.69. The maximum absolute atomic E-state index is 12.5. The summed E-state index contributed by atoms with van der Waals surface area (Å²) in [5, 5.41) is 10.2. The zero-order chi connectivity index (χ0) is 20.9. The van der Waals surface area contributed by atoms with Crippen LogP contribution >= 0.6 is 12.4 Å². The molecule has 0 aliphatic carbocycles. The number of carbonyl (C=O) groups is 1. The van der Waals surface area contributed by atoms with Gasteiger partial charge in [0.15, 0.2) is 0 Å². The number of ether oxygens (including phenoxy) is 2. The molecule has 0 bridgehead atoms. The summed E-state index contributed by atoms with van der Waals surface area (Å²) in [4.78, 5) is 12.5. The van der Waals surface area contributed by atoms with Gasteiger partial charge >= 0.3 is 6.61 Å². The van der Waals surface area contributed by atoms with E-state index in [1.165, 1.54) is 29.2 Å². The van der Waals surface area contributed by atoms with Crippen LogP contribution in [0, 0.1) is 0 Å². The molecule has 1 aromatic heterocycles. The van der Waals surface area contributed by atoms with Gasteiger partial charge < -0.3 is 20.1 Å². The normalized spacial score (nSPS) is 15.9. The molecule has 2 heterocycles. The summed E-state index contributed by atoms with van der Waals surface area (Å²) in [5.74, 6) is -0.314. The molecular formula is C21H21ClF2N4O3. The standard InChI is InChI=1S/C21H20F2N4O3.ClH/c22-21(23)30-18-3-1-2-17(10-18)27-13-15(11-25-27)20(28)26-16-6-4-14(5-7-16)19-12-24-8-9-29-19;/h1-7,10-11,13,19,21,24H,8-9,12H2,(H,26,28);1H. The van der Waals surface area contributed by atoms with Crippen molar-refractivity contribution in [3.8, 4) is 11.4 Å². The zero-order valence-corrected chi connectivity index (χ0v) is 17.1. The Morgan fingerprint density at radius 2 is 2.06 bits per heavy atom. The Morgan fingerprint density at radius 3 is 2.77 bits per heavy atom. The number of aromatic nitrogens is 2. The number of nitrogens with zero attached hydrogens (tertiary/aromatic N) is 2. The topological polar surface area (TPSA) is 77.4 Å². The Bertz CT molecular complexity index is 1010. The summed E-state index contributed by atoms with van der Waals surface area (Å²) >= 11 is 0. The molecule has 1 atom stereocenters. The van der Waals surface area contributed by atoms with Gasteiger partial charge in [-0.15, -0.1) is 12.4 Å². The van der Waals surface area contributed by atoms with Gasteiger partial charge in [0.25, 0.3) is 5.91 Å². The van der Waals surface area contributed by atoms with E-state index in [2.05, 4.69) is 20.5 Å². The molecule has 0 radical (unpaired) electrons. The van der Waals surface area contributed by atoms with Crippen molar-refractivity contribution in [2.24, 2.45) is 0 Å². The van der Waals surface area contributed by atoms with Gasteiger partial charge in [0, 0.05) is 31.0 Å². The van der Waals surface area contributed by atoms with E-state index in [1.807, 2.05) is 24.3 Å². The number of benzene rings is 2. The van der Waals surface area contributed by atoms with Gasteiger partial charge in [0.2, 0.25) is 0 Å². The minimum absolute atomic E-state index is 0. The first-order chi connectivity index (χ1) is 14.6. The second-order valence-electron chi connectivity index (χ2n) is 6.69. The van der Waals surface area contributed by atoms with E-state index < -0.39 is 6.61 Å². The first kappa shape index (κ1) is 22.7. The van der Waals surface area contributed by atoms with Crippen molar-refractivity contribution >= 4 is 24.0 Å². The van der Waals surface area contributed by atoms with Crippen LogP contribution < -0.4 is 15.4 Å². The van der Waals surface area contributed by atoms with Gasteiger partial charge in [-0.2, -0.15) is 13.9 Å². The summed E-state index contributed by atoms with van der Waals surface area (Å²) in [6, 6.07) is 13.6. The Labute approximate surface area is 183 Å². The Balaban J connectivity index is 0.00000272. The average molecular weight is 451 g/mol. The number of hydrogen-bond donors (Lipinski definition) is 2. The third-order valence-electron chi connectivity index (χ3n) is 4.62. The first-order valence-electron chi connectivity index (χ1n) is 9.42. The third kappa shape index (κ3) is 5.78. The molecule has 1 aliphatic heterocycles.